The number of hydrogen-bond donors (Lipinski definition) is 1. The fraction of sp³-hybridized carbons (Fsp3) is 0.389. The van der Waals surface area contributed by atoms with Crippen molar-refractivity contribution in [2.75, 3.05) is 36.4 Å². The molecule has 24 heavy (non-hydrogen) atoms. The molecule has 1 amide bonds. The third-order valence-corrected chi connectivity index (χ3v) is 4.42. The second-order valence-electron chi connectivity index (χ2n) is 6.03. The summed E-state index contributed by atoms with van der Waals surface area (Å²) >= 11 is 0. The fourth-order valence-corrected chi connectivity index (χ4v) is 2.86. The number of aryl methyl sites for hydroxylation is 1. The first-order valence-electron chi connectivity index (χ1n) is 8.24. The third kappa shape index (κ3) is 3.82. The standard InChI is InChI=1S/C18H23N5O/c1-14-5-3-4-6-16(14)12-19-17-11-18(21-13-20-17)23-9-7-22(8-10-23)15(2)24/h3-6,11,13H,7-10,12H2,1-2H3,(H,19,20,21). The van der Waals surface area contributed by atoms with Gasteiger partial charge >= 0.3 is 0 Å². The Morgan fingerprint density at radius 3 is 2.62 bits per heavy atom. The van der Waals surface area contributed by atoms with Crippen LogP contribution in [0.5, 0.6) is 0 Å². The van der Waals surface area contributed by atoms with Gasteiger partial charge in [0.1, 0.15) is 18.0 Å². The average molecular weight is 325 g/mol. The Morgan fingerprint density at radius 2 is 1.92 bits per heavy atom. The Hall–Kier alpha value is -2.63. The highest BCUT2D eigenvalue weighted by molar-refractivity contribution is 5.73. The number of rotatable bonds is 4. The largest absolute Gasteiger partial charge is 0.366 e. The minimum atomic E-state index is 0.137. The number of piperazine rings is 1. The normalized spacial score (nSPS) is 14.6. The molecule has 1 aliphatic heterocycles. The zero-order valence-electron chi connectivity index (χ0n) is 14.2. The van der Waals surface area contributed by atoms with E-state index in [9.17, 15) is 4.79 Å². The zero-order chi connectivity index (χ0) is 16.9. The van der Waals surface area contributed by atoms with E-state index < -0.39 is 0 Å². The first kappa shape index (κ1) is 16.2. The van der Waals surface area contributed by atoms with E-state index in [1.807, 2.05) is 23.1 Å². The highest BCUT2D eigenvalue weighted by atomic mass is 16.2. The number of hydrogen-bond acceptors (Lipinski definition) is 5. The lowest BCUT2D eigenvalue weighted by Gasteiger charge is -2.34. The summed E-state index contributed by atoms with van der Waals surface area (Å²) in [5, 5.41) is 3.37. The molecule has 1 aromatic heterocycles. The maximum absolute atomic E-state index is 11.4. The van der Waals surface area contributed by atoms with Crippen LogP contribution in [-0.4, -0.2) is 47.0 Å². The van der Waals surface area contributed by atoms with Gasteiger partial charge in [-0.2, -0.15) is 0 Å². The van der Waals surface area contributed by atoms with Crippen molar-refractivity contribution in [1.29, 1.82) is 0 Å². The van der Waals surface area contributed by atoms with Crippen LogP contribution in [-0.2, 0) is 11.3 Å². The van der Waals surface area contributed by atoms with Crippen LogP contribution < -0.4 is 10.2 Å². The Balaban J connectivity index is 1.62. The van der Waals surface area contributed by atoms with E-state index in [2.05, 4.69) is 39.2 Å². The van der Waals surface area contributed by atoms with Gasteiger partial charge in [-0.15, -0.1) is 0 Å². The molecule has 1 fully saturated rings. The number of anilines is 2. The number of carbonyl (C=O) groups is 1. The van der Waals surface area contributed by atoms with Gasteiger partial charge in [0.25, 0.3) is 0 Å². The molecule has 1 saturated heterocycles. The van der Waals surface area contributed by atoms with E-state index in [1.54, 1.807) is 13.3 Å². The van der Waals surface area contributed by atoms with Gasteiger partial charge in [0, 0.05) is 45.7 Å². The SMILES string of the molecule is CC(=O)N1CCN(c2cc(NCc3ccccc3C)ncn2)CC1. The highest BCUT2D eigenvalue weighted by Gasteiger charge is 2.19. The number of nitrogens with zero attached hydrogens (tertiary/aromatic N) is 4. The van der Waals surface area contributed by atoms with E-state index in [0.717, 1.165) is 44.4 Å². The van der Waals surface area contributed by atoms with E-state index in [0.29, 0.717) is 0 Å². The predicted molar refractivity (Wildman–Crippen MR) is 95.0 cm³/mol. The van der Waals surface area contributed by atoms with Crippen molar-refractivity contribution in [2.45, 2.75) is 20.4 Å². The molecule has 0 atom stereocenters. The van der Waals surface area contributed by atoms with Crippen LogP contribution in [0.25, 0.3) is 0 Å². The molecule has 1 N–H and O–H groups in total. The van der Waals surface area contributed by atoms with Crippen molar-refractivity contribution in [3.63, 3.8) is 0 Å². The first-order chi connectivity index (χ1) is 11.6. The Labute approximate surface area is 142 Å². The molecule has 3 rings (SSSR count). The van der Waals surface area contributed by atoms with Gasteiger partial charge in [-0.05, 0) is 18.1 Å². The molecule has 6 heteroatoms. The van der Waals surface area contributed by atoms with Crippen LogP contribution in [0.2, 0.25) is 0 Å². The van der Waals surface area contributed by atoms with Crippen molar-refractivity contribution in [3.05, 3.63) is 47.8 Å². The summed E-state index contributed by atoms with van der Waals surface area (Å²) in [7, 11) is 0. The molecule has 0 unspecified atom stereocenters. The lowest BCUT2D eigenvalue weighted by Crippen LogP contribution is -2.48. The van der Waals surface area contributed by atoms with Crippen molar-refractivity contribution in [2.24, 2.45) is 0 Å². The number of carbonyl (C=O) groups excluding carboxylic acids is 1. The van der Waals surface area contributed by atoms with Crippen LogP contribution in [0.15, 0.2) is 36.7 Å². The molecule has 0 bridgehead atoms. The first-order valence-corrected chi connectivity index (χ1v) is 8.24. The molecule has 2 heterocycles. The molecule has 1 aliphatic rings. The minimum absolute atomic E-state index is 0.137. The molecule has 2 aromatic rings. The second kappa shape index (κ2) is 7.29. The minimum Gasteiger partial charge on any atom is -0.366 e. The maximum Gasteiger partial charge on any atom is 0.219 e. The van der Waals surface area contributed by atoms with Gasteiger partial charge in [-0.3, -0.25) is 4.79 Å². The van der Waals surface area contributed by atoms with Crippen molar-refractivity contribution >= 4 is 17.5 Å². The van der Waals surface area contributed by atoms with Crippen LogP contribution >= 0.6 is 0 Å². The van der Waals surface area contributed by atoms with Gasteiger partial charge < -0.3 is 15.1 Å². The Kier molecular flexibility index (Phi) is 4.93. The summed E-state index contributed by atoms with van der Waals surface area (Å²) in [6, 6.07) is 10.3. The van der Waals surface area contributed by atoms with Gasteiger partial charge in [-0.25, -0.2) is 9.97 Å². The van der Waals surface area contributed by atoms with Crippen LogP contribution in [0, 0.1) is 6.92 Å². The number of nitrogens with one attached hydrogen (secondary N) is 1. The van der Waals surface area contributed by atoms with E-state index in [-0.39, 0.29) is 5.91 Å². The van der Waals surface area contributed by atoms with Gasteiger partial charge in [-0.1, -0.05) is 24.3 Å². The summed E-state index contributed by atoms with van der Waals surface area (Å²) < 4.78 is 0. The maximum atomic E-state index is 11.4. The molecular weight excluding hydrogens is 302 g/mol. The third-order valence-electron chi connectivity index (χ3n) is 4.42. The van der Waals surface area contributed by atoms with Crippen molar-refractivity contribution in [1.82, 2.24) is 14.9 Å². The van der Waals surface area contributed by atoms with E-state index in [1.165, 1.54) is 11.1 Å². The van der Waals surface area contributed by atoms with Crippen LogP contribution in [0.3, 0.4) is 0 Å². The second-order valence-corrected chi connectivity index (χ2v) is 6.03. The Bertz CT molecular complexity index is 710. The number of aromatic nitrogens is 2. The fourth-order valence-electron chi connectivity index (χ4n) is 2.86. The predicted octanol–water partition coefficient (Wildman–Crippen LogP) is 2.07. The number of benzene rings is 1. The lowest BCUT2D eigenvalue weighted by atomic mass is 10.1. The van der Waals surface area contributed by atoms with Gasteiger partial charge in [0.2, 0.25) is 5.91 Å². The molecule has 0 radical (unpaired) electrons. The molecule has 0 aliphatic carbocycles. The quantitative estimate of drug-likeness (QED) is 0.932. The monoisotopic (exact) mass is 325 g/mol. The van der Waals surface area contributed by atoms with Crippen LogP contribution in [0.4, 0.5) is 11.6 Å². The average Bonchev–Trinajstić information content (AvgIpc) is 2.61. The molecule has 0 spiro atoms. The Morgan fingerprint density at radius 1 is 1.17 bits per heavy atom. The van der Waals surface area contributed by atoms with Crippen molar-refractivity contribution < 1.29 is 4.79 Å². The molecule has 0 saturated carbocycles. The topological polar surface area (TPSA) is 61.4 Å². The smallest absolute Gasteiger partial charge is 0.219 e. The highest BCUT2D eigenvalue weighted by Crippen LogP contribution is 2.17. The molecule has 1 aromatic carbocycles. The van der Waals surface area contributed by atoms with Crippen molar-refractivity contribution in [3.8, 4) is 0 Å². The summed E-state index contributed by atoms with van der Waals surface area (Å²) in [6.07, 6.45) is 1.59. The van der Waals surface area contributed by atoms with Gasteiger partial charge in [0.05, 0.1) is 0 Å². The summed E-state index contributed by atoms with van der Waals surface area (Å²) in [4.78, 5) is 24.2. The summed E-state index contributed by atoms with van der Waals surface area (Å²) in [5.74, 6) is 1.86. The van der Waals surface area contributed by atoms with E-state index >= 15 is 0 Å². The van der Waals surface area contributed by atoms with E-state index in [4.69, 9.17) is 0 Å². The molecular formula is C18H23N5O. The van der Waals surface area contributed by atoms with Crippen LogP contribution in [0.1, 0.15) is 18.1 Å². The summed E-state index contributed by atoms with van der Waals surface area (Å²) in [5.41, 5.74) is 2.52. The summed E-state index contributed by atoms with van der Waals surface area (Å²) in [6.45, 7) is 7.55. The number of amides is 1. The zero-order valence-corrected chi connectivity index (χ0v) is 14.2. The lowest BCUT2D eigenvalue weighted by molar-refractivity contribution is -0.129. The molecule has 6 nitrogen and oxygen atoms in total. The van der Waals surface area contributed by atoms with Gasteiger partial charge in [0.15, 0.2) is 0 Å². The molecule has 126 valence electrons.